The normalized spacial score (nSPS) is 20.1. The second-order valence-corrected chi connectivity index (χ2v) is 8.14. The number of allylic oxidation sites excluding steroid dienone is 3. The van der Waals surface area contributed by atoms with E-state index >= 15 is 0 Å². The van der Waals surface area contributed by atoms with E-state index in [1.807, 2.05) is 47.2 Å². The van der Waals surface area contributed by atoms with Crippen molar-refractivity contribution < 1.29 is 9.72 Å². The minimum Gasteiger partial charge on any atom is -0.358 e. The molecule has 6 nitrogen and oxygen atoms in total. The van der Waals surface area contributed by atoms with Gasteiger partial charge in [0.05, 0.1) is 0 Å². The van der Waals surface area contributed by atoms with Crippen LogP contribution in [0.4, 0.5) is 5.82 Å². The van der Waals surface area contributed by atoms with E-state index in [4.69, 9.17) is 0 Å². The maximum Gasteiger partial charge on any atom is 0.381 e. The number of imidazole rings is 1. The van der Waals surface area contributed by atoms with Gasteiger partial charge in [0.1, 0.15) is 12.2 Å². The molecule has 0 saturated carbocycles. The van der Waals surface area contributed by atoms with E-state index < -0.39 is 11.0 Å². The fourth-order valence-electron chi connectivity index (χ4n) is 3.27. The van der Waals surface area contributed by atoms with Gasteiger partial charge in [0, 0.05) is 15.7 Å². The van der Waals surface area contributed by atoms with Gasteiger partial charge in [-0.05, 0) is 56.9 Å². The van der Waals surface area contributed by atoms with Crippen LogP contribution in [0.1, 0.15) is 28.1 Å². The molecule has 0 fully saturated rings. The molecule has 0 N–H and O–H groups in total. The topological polar surface area (TPSA) is 78.0 Å². The lowest BCUT2D eigenvalue weighted by molar-refractivity contribution is -0.389. The third-order valence-electron chi connectivity index (χ3n) is 4.47. The van der Waals surface area contributed by atoms with Gasteiger partial charge in [0.15, 0.2) is 5.78 Å². The Morgan fingerprint density at radius 2 is 2.04 bits per heavy atom. The van der Waals surface area contributed by atoms with Crippen LogP contribution in [0.3, 0.4) is 0 Å². The van der Waals surface area contributed by atoms with Crippen LogP contribution in [0, 0.1) is 10.1 Å². The number of hydrogen-bond acceptors (Lipinski definition) is 6. The molecule has 0 saturated heterocycles. The molecular formula is C19H15N3O3S2. The largest absolute Gasteiger partial charge is 0.381 e. The maximum absolute atomic E-state index is 12.9. The molecule has 8 heteroatoms. The molecule has 0 amide bonds. The average Bonchev–Trinajstić information content (AvgIpc) is 3.41. The molecule has 0 aliphatic heterocycles. The third-order valence-corrected chi connectivity index (χ3v) is 6.31. The Kier molecular flexibility index (Phi) is 4.83. The molecule has 4 rings (SSSR count). The van der Waals surface area contributed by atoms with Crippen molar-refractivity contribution in [2.45, 2.75) is 18.4 Å². The van der Waals surface area contributed by atoms with Gasteiger partial charge < -0.3 is 10.1 Å². The molecule has 27 heavy (non-hydrogen) atoms. The van der Waals surface area contributed by atoms with Crippen molar-refractivity contribution in [2.24, 2.45) is 0 Å². The minimum atomic E-state index is -0.547. The van der Waals surface area contributed by atoms with Crippen molar-refractivity contribution in [3.8, 4) is 0 Å². The summed E-state index contributed by atoms with van der Waals surface area (Å²) in [5.74, 6) is -0.405. The van der Waals surface area contributed by atoms with Crippen LogP contribution in [-0.4, -0.2) is 20.3 Å². The predicted molar refractivity (Wildman–Crippen MR) is 106 cm³/mol. The van der Waals surface area contributed by atoms with E-state index in [1.54, 1.807) is 33.3 Å². The zero-order chi connectivity index (χ0) is 18.8. The summed E-state index contributed by atoms with van der Waals surface area (Å²) in [6.45, 7) is 0. The van der Waals surface area contributed by atoms with Crippen LogP contribution in [0.25, 0.3) is 6.08 Å². The molecule has 1 aliphatic rings. The highest BCUT2D eigenvalue weighted by Crippen LogP contribution is 2.41. The average molecular weight is 397 g/mol. The fraction of sp³-hybridized carbons (Fsp3) is 0.158. The molecule has 136 valence electrons. The summed E-state index contributed by atoms with van der Waals surface area (Å²) in [4.78, 5) is 29.4. The third kappa shape index (κ3) is 3.67. The number of ketones is 1. The number of nitrogens with zero attached hydrogens (tertiary/aromatic N) is 3. The SMILES string of the molecule is O=C1C=C(/C=C/c2cccs2)C[C@H](c2cccs2)[C@@H]1n1cnc([N+](=O)[O-])c1. The van der Waals surface area contributed by atoms with Crippen molar-refractivity contribution >= 4 is 40.4 Å². The van der Waals surface area contributed by atoms with Gasteiger partial charge in [-0.15, -0.1) is 22.7 Å². The molecule has 0 unspecified atom stereocenters. The Labute approximate surface area is 163 Å². The number of aromatic nitrogens is 2. The first kappa shape index (κ1) is 17.6. The van der Waals surface area contributed by atoms with Crippen molar-refractivity contribution in [3.63, 3.8) is 0 Å². The summed E-state index contributed by atoms with van der Waals surface area (Å²) in [5.41, 5.74) is 0.956. The molecule has 0 radical (unpaired) electrons. The fourth-order valence-corrected chi connectivity index (χ4v) is 4.74. The number of nitro groups is 1. The molecule has 3 heterocycles. The Hall–Kier alpha value is -2.84. The number of thiophene rings is 2. The van der Waals surface area contributed by atoms with Gasteiger partial charge in [-0.3, -0.25) is 9.36 Å². The summed E-state index contributed by atoms with van der Waals surface area (Å²) >= 11 is 3.23. The predicted octanol–water partition coefficient (Wildman–Crippen LogP) is 4.85. The minimum absolute atomic E-state index is 0.0715. The van der Waals surface area contributed by atoms with Gasteiger partial charge in [0.25, 0.3) is 0 Å². The zero-order valence-corrected chi connectivity index (χ0v) is 15.7. The number of hydrogen-bond donors (Lipinski definition) is 0. The second-order valence-electron chi connectivity index (χ2n) is 6.18. The van der Waals surface area contributed by atoms with Gasteiger partial charge in [-0.25, -0.2) is 0 Å². The van der Waals surface area contributed by atoms with Crippen LogP contribution in [0.15, 0.2) is 65.3 Å². The summed E-state index contributed by atoms with van der Waals surface area (Å²) in [6, 6.07) is 7.45. The van der Waals surface area contributed by atoms with E-state index in [0.29, 0.717) is 6.42 Å². The van der Waals surface area contributed by atoms with E-state index in [2.05, 4.69) is 4.98 Å². The highest BCUT2D eigenvalue weighted by atomic mass is 32.1. The molecular weight excluding hydrogens is 382 g/mol. The first-order valence-electron chi connectivity index (χ1n) is 8.29. The smallest absolute Gasteiger partial charge is 0.358 e. The maximum atomic E-state index is 12.9. The van der Waals surface area contributed by atoms with Crippen molar-refractivity contribution in [3.05, 3.63) is 85.1 Å². The quantitative estimate of drug-likeness (QED) is 0.455. The van der Waals surface area contributed by atoms with Crippen LogP contribution in [0.2, 0.25) is 0 Å². The van der Waals surface area contributed by atoms with E-state index in [9.17, 15) is 14.9 Å². The molecule has 0 spiro atoms. The number of carbonyl (C=O) groups is 1. The number of carbonyl (C=O) groups excluding carboxylic acids is 1. The lowest BCUT2D eigenvalue weighted by Gasteiger charge is -2.29. The first-order valence-corrected chi connectivity index (χ1v) is 10.0. The van der Waals surface area contributed by atoms with Gasteiger partial charge in [-0.2, -0.15) is 0 Å². The van der Waals surface area contributed by atoms with Crippen molar-refractivity contribution in [1.82, 2.24) is 9.55 Å². The monoisotopic (exact) mass is 397 g/mol. The summed E-state index contributed by atoms with van der Waals surface area (Å²) in [7, 11) is 0. The summed E-state index contributed by atoms with van der Waals surface area (Å²) in [6.07, 6.45) is 9.04. The number of rotatable bonds is 5. The van der Waals surface area contributed by atoms with Gasteiger partial charge in [0.2, 0.25) is 6.33 Å². The Balaban J connectivity index is 1.68. The lowest BCUT2D eigenvalue weighted by atomic mass is 9.82. The Morgan fingerprint density at radius 1 is 1.22 bits per heavy atom. The molecule has 3 aromatic heterocycles. The van der Waals surface area contributed by atoms with E-state index in [1.165, 1.54) is 12.5 Å². The molecule has 1 aliphatic carbocycles. The summed E-state index contributed by atoms with van der Waals surface area (Å²) in [5, 5.41) is 15.0. The van der Waals surface area contributed by atoms with Crippen molar-refractivity contribution in [2.75, 3.05) is 0 Å². The zero-order valence-electron chi connectivity index (χ0n) is 14.1. The Morgan fingerprint density at radius 3 is 2.70 bits per heavy atom. The van der Waals surface area contributed by atoms with E-state index in [-0.39, 0.29) is 17.5 Å². The van der Waals surface area contributed by atoms with Gasteiger partial charge >= 0.3 is 5.82 Å². The second kappa shape index (κ2) is 7.42. The van der Waals surface area contributed by atoms with Crippen LogP contribution in [0.5, 0.6) is 0 Å². The Bertz CT molecular complexity index is 1020. The molecule has 0 bridgehead atoms. The van der Waals surface area contributed by atoms with Gasteiger partial charge in [-0.1, -0.05) is 18.2 Å². The molecule has 0 aromatic carbocycles. The van der Waals surface area contributed by atoms with Crippen LogP contribution in [-0.2, 0) is 4.79 Å². The van der Waals surface area contributed by atoms with E-state index in [0.717, 1.165) is 15.3 Å². The van der Waals surface area contributed by atoms with Crippen LogP contribution < -0.4 is 0 Å². The van der Waals surface area contributed by atoms with Crippen LogP contribution >= 0.6 is 22.7 Å². The summed E-state index contributed by atoms with van der Waals surface area (Å²) < 4.78 is 1.57. The molecule has 3 aromatic rings. The lowest BCUT2D eigenvalue weighted by Crippen LogP contribution is -2.27. The first-order chi connectivity index (χ1) is 13.1. The molecule has 2 atom stereocenters. The highest BCUT2D eigenvalue weighted by Gasteiger charge is 2.35. The standard InChI is InChI=1S/C19H15N3O3S2/c23-16-10-13(5-6-14-3-1-7-26-14)9-15(17-4-2-8-27-17)19(16)21-11-18(20-12-21)22(24)25/h1-8,10-12,15,19H,9H2/b6-5+/t15-,19+/m1/s1. The van der Waals surface area contributed by atoms with Crippen molar-refractivity contribution in [1.29, 1.82) is 0 Å². The highest BCUT2D eigenvalue weighted by molar-refractivity contribution is 7.10.